The van der Waals surface area contributed by atoms with Crippen molar-refractivity contribution in [2.24, 2.45) is 5.92 Å². The minimum Gasteiger partial charge on any atom is -0.489 e. The summed E-state index contributed by atoms with van der Waals surface area (Å²) in [6.45, 7) is 4.64. The summed E-state index contributed by atoms with van der Waals surface area (Å²) >= 11 is 11.9. The average Bonchev–Trinajstić information content (AvgIpc) is 2.56. The molecule has 1 atom stereocenters. The first-order valence-corrected chi connectivity index (χ1v) is 8.74. The quantitative estimate of drug-likeness (QED) is 0.691. The van der Waals surface area contributed by atoms with Crippen molar-refractivity contribution >= 4 is 29.2 Å². The number of carboxylic acids is 1. The van der Waals surface area contributed by atoms with E-state index in [9.17, 15) is 9.90 Å². The van der Waals surface area contributed by atoms with Crippen molar-refractivity contribution in [3.8, 4) is 5.75 Å². The van der Waals surface area contributed by atoms with Crippen LogP contribution in [0.2, 0.25) is 10.0 Å². The van der Waals surface area contributed by atoms with Crippen molar-refractivity contribution in [2.45, 2.75) is 33.0 Å². The van der Waals surface area contributed by atoms with Crippen molar-refractivity contribution in [1.82, 2.24) is 5.32 Å². The van der Waals surface area contributed by atoms with Gasteiger partial charge in [-0.1, -0.05) is 55.2 Å². The van der Waals surface area contributed by atoms with Gasteiger partial charge >= 0.3 is 5.97 Å². The SMILES string of the molecule is CC(C)[C@@H](NCc1ccc(OCc2ccc(Cl)c(Cl)c2)cc1)C(=O)O. The molecule has 0 bridgehead atoms. The van der Waals surface area contributed by atoms with Gasteiger partial charge in [0.15, 0.2) is 0 Å². The predicted molar refractivity (Wildman–Crippen MR) is 100 cm³/mol. The van der Waals surface area contributed by atoms with Gasteiger partial charge < -0.3 is 15.2 Å². The lowest BCUT2D eigenvalue weighted by molar-refractivity contribution is -0.140. The first-order valence-electron chi connectivity index (χ1n) is 7.98. The summed E-state index contributed by atoms with van der Waals surface area (Å²) in [4.78, 5) is 11.2. The van der Waals surface area contributed by atoms with Gasteiger partial charge in [0.2, 0.25) is 0 Å². The lowest BCUT2D eigenvalue weighted by Gasteiger charge is -2.18. The number of carbonyl (C=O) groups is 1. The molecule has 2 rings (SSSR count). The van der Waals surface area contributed by atoms with Crippen molar-refractivity contribution in [2.75, 3.05) is 0 Å². The predicted octanol–water partition coefficient (Wildman–Crippen LogP) is 4.77. The second kappa shape index (κ2) is 9.09. The summed E-state index contributed by atoms with van der Waals surface area (Å²) in [6.07, 6.45) is 0. The third-order valence-corrected chi connectivity index (χ3v) is 4.51. The van der Waals surface area contributed by atoms with Gasteiger partial charge in [-0.2, -0.15) is 0 Å². The molecule has 0 aromatic heterocycles. The number of aliphatic carboxylic acids is 1. The minimum absolute atomic E-state index is 0.0197. The van der Waals surface area contributed by atoms with E-state index in [0.29, 0.717) is 23.2 Å². The largest absolute Gasteiger partial charge is 0.489 e. The molecule has 2 aromatic rings. The van der Waals surface area contributed by atoms with Crippen LogP contribution in [0.5, 0.6) is 5.75 Å². The van der Waals surface area contributed by atoms with E-state index in [1.807, 2.05) is 44.2 Å². The molecular formula is C19H21Cl2NO3. The van der Waals surface area contributed by atoms with Crippen molar-refractivity contribution < 1.29 is 14.6 Å². The standard InChI is InChI=1S/C19H21Cl2NO3/c1-12(2)18(19(23)24)22-10-13-3-6-15(7-4-13)25-11-14-5-8-16(20)17(21)9-14/h3-9,12,18,22H,10-11H2,1-2H3,(H,23,24)/t18-/m1/s1. The molecule has 2 N–H and O–H groups in total. The number of ether oxygens (including phenoxy) is 1. The molecular weight excluding hydrogens is 361 g/mol. The monoisotopic (exact) mass is 381 g/mol. The van der Waals surface area contributed by atoms with Gasteiger partial charge in [-0.05, 0) is 41.3 Å². The number of hydrogen-bond acceptors (Lipinski definition) is 3. The Kier molecular flexibility index (Phi) is 7.12. The molecule has 0 heterocycles. The molecule has 6 heteroatoms. The average molecular weight is 382 g/mol. The Hall–Kier alpha value is -1.75. The van der Waals surface area contributed by atoms with E-state index >= 15 is 0 Å². The molecule has 0 radical (unpaired) electrons. The third-order valence-electron chi connectivity index (χ3n) is 3.77. The van der Waals surface area contributed by atoms with Crippen LogP contribution >= 0.6 is 23.2 Å². The number of nitrogens with one attached hydrogen (secondary N) is 1. The van der Waals surface area contributed by atoms with Crippen LogP contribution in [0.25, 0.3) is 0 Å². The second-order valence-electron chi connectivity index (χ2n) is 6.12. The number of hydrogen-bond donors (Lipinski definition) is 2. The Balaban J connectivity index is 1.89. The fourth-order valence-electron chi connectivity index (χ4n) is 2.34. The van der Waals surface area contributed by atoms with Crippen molar-refractivity contribution in [3.05, 3.63) is 63.6 Å². The molecule has 0 aliphatic carbocycles. The Morgan fingerprint density at radius 2 is 1.72 bits per heavy atom. The zero-order chi connectivity index (χ0) is 18.4. The molecule has 0 spiro atoms. The van der Waals surface area contributed by atoms with Crippen LogP contribution in [0.15, 0.2) is 42.5 Å². The summed E-state index contributed by atoms with van der Waals surface area (Å²) in [5, 5.41) is 13.3. The Morgan fingerprint density at radius 3 is 2.28 bits per heavy atom. The molecule has 0 aliphatic rings. The highest BCUT2D eigenvalue weighted by Gasteiger charge is 2.20. The summed E-state index contributed by atoms with van der Waals surface area (Å²) in [6, 6.07) is 12.4. The first kappa shape index (κ1) is 19.6. The highest BCUT2D eigenvalue weighted by Crippen LogP contribution is 2.23. The smallest absolute Gasteiger partial charge is 0.320 e. The Labute approximate surface area is 157 Å². The van der Waals surface area contributed by atoms with Crippen LogP contribution in [0.3, 0.4) is 0 Å². The topological polar surface area (TPSA) is 58.6 Å². The van der Waals surface area contributed by atoms with E-state index in [1.165, 1.54) is 0 Å². The molecule has 25 heavy (non-hydrogen) atoms. The van der Waals surface area contributed by atoms with E-state index in [0.717, 1.165) is 16.9 Å². The van der Waals surface area contributed by atoms with Gasteiger partial charge in [0.05, 0.1) is 10.0 Å². The van der Waals surface area contributed by atoms with E-state index in [4.69, 9.17) is 27.9 Å². The van der Waals surface area contributed by atoms with Crippen LogP contribution in [-0.4, -0.2) is 17.1 Å². The highest BCUT2D eigenvalue weighted by molar-refractivity contribution is 6.42. The van der Waals surface area contributed by atoms with Gasteiger partial charge in [0.25, 0.3) is 0 Å². The van der Waals surface area contributed by atoms with Gasteiger partial charge in [-0.25, -0.2) is 0 Å². The fourth-order valence-corrected chi connectivity index (χ4v) is 2.66. The lowest BCUT2D eigenvalue weighted by atomic mass is 10.0. The molecule has 0 aliphatic heterocycles. The van der Waals surface area contributed by atoms with Gasteiger partial charge in [0, 0.05) is 6.54 Å². The zero-order valence-electron chi connectivity index (χ0n) is 14.1. The summed E-state index contributed by atoms with van der Waals surface area (Å²) in [5.41, 5.74) is 1.93. The van der Waals surface area contributed by atoms with E-state index in [1.54, 1.807) is 12.1 Å². The fraction of sp³-hybridized carbons (Fsp3) is 0.316. The minimum atomic E-state index is -0.837. The van der Waals surface area contributed by atoms with Gasteiger partial charge in [0.1, 0.15) is 18.4 Å². The number of carboxylic acid groups (broad SMARTS) is 1. The van der Waals surface area contributed by atoms with E-state index < -0.39 is 12.0 Å². The van der Waals surface area contributed by atoms with Crippen LogP contribution in [-0.2, 0) is 17.9 Å². The second-order valence-corrected chi connectivity index (χ2v) is 6.94. The van der Waals surface area contributed by atoms with Crippen molar-refractivity contribution in [1.29, 1.82) is 0 Å². The number of benzene rings is 2. The highest BCUT2D eigenvalue weighted by atomic mass is 35.5. The molecule has 0 saturated heterocycles. The van der Waals surface area contributed by atoms with E-state index in [2.05, 4.69) is 5.32 Å². The first-order chi connectivity index (χ1) is 11.9. The zero-order valence-corrected chi connectivity index (χ0v) is 15.6. The number of rotatable bonds is 8. The van der Waals surface area contributed by atoms with Gasteiger partial charge in [-0.15, -0.1) is 0 Å². The molecule has 2 aromatic carbocycles. The summed E-state index contributed by atoms with van der Waals surface area (Å²) in [7, 11) is 0. The normalized spacial score (nSPS) is 12.2. The summed E-state index contributed by atoms with van der Waals surface area (Å²) < 4.78 is 5.73. The van der Waals surface area contributed by atoms with Crippen LogP contribution in [0.4, 0.5) is 0 Å². The Bertz CT molecular complexity index is 717. The van der Waals surface area contributed by atoms with Gasteiger partial charge in [-0.3, -0.25) is 4.79 Å². The van der Waals surface area contributed by atoms with Crippen LogP contribution in [0, 0.1) is 5.92 Å². The molecule has 134 valence electrons. The van der Waals surface area contributed by atoms with Crippen LogP contribution < -0.4 is 10.1 Å². The third kappa shape index (κ3) is 5.92. The summed E-state index contributed by atoms with van der Waals surface area (Å²) in [5.74, 6) is -0.0867. The number of halogens is 2. The molecule has 0 unspecified atom stereocenters. The maximum absolute atomic E-state index is 11.2. The lowest BCUT2D eigenvalue weighted by Crippen LogP contribution is -2.40. The molecule has 0 saturated carbocycles. The maximum Gasteiger partial charge on any atom is 0.320 e. The van der Waals surface area contributed by atoms with E-state index in [-0.39, 0.29) is 5.92 Å². The van der Waals surface area contributed by atoms with Crippen LogP contribution in [0.1, 0.15) is 25.0 Å². The molecule has 0 fully saturated rings. The van der Waals surface area contributed by atoms with Crippen molar-refractivity contribution in [3.63, 3.8) is 0 Å². The molecule has 4 nitrogen and oxygen atoms in total. The maximum atomic E-state index is 11.2. The Morgan fingerprint density at radius 1 is 1.08 bits per heavy atom. The molecule has 0 amide bonds.